The molecule has 0 aliphatic carbocycles. The second-order valence-corrected chi connectivity index (χ2v) is 9.03. The van der Waals surface area contributed by atoms with Crippen molar-refractivity contribution in [1.29, 1.82) is 0 Å². The fraction of sp³-hybridized carbons (Fsp3) is 0.174. The van der Waals surface area contributed by atoms with Crippen molar-refractivity contribution in [1.82, 2.24) is 9.21 Å². The Kier molecular flexibility index (Phi) is 6.01. The Labute approximate surface area is 180 Å². The number of amides is 1. The second-order valence-electron chi connectivity index (χ2n) is 7.09. The van der Waals surface area contributed by atoms with Crippen molar-refractivity contribution >= 4 is 15.9 Å². The van der Waals surface area contributed by atoms with Crippen LogP contribution in [0.2, 0.25) is 0 Å². The lowest BCUT2D eigenvalue weighted by atomic mass is 10.2. The molecule has 0 saturated carbocycles. The van der Waals surface area contributed by atoms with Gasteiger partial charge >= 0.3 is 0 Å². The average Bonchev–Trinajstić information content (AvgIpc) is 2.80. The van der Waals surface area contributed by atoms with Gasteiger partial charge in [0, 0.05) is 31.7 Å². The minimum Gasteiger partial charge on any atom is -0.457 e. The molecule has 6 nitrogen and oxygen atoms in total. The van der Waals surface area contributed by atoms with Crippen molar-refractivity contribution in [3.05, 3.63) is 90.2 Å². The lowest BCUT2D eigenvalue weighted by molar-refractivity contribution is 0.0698. The molecule has 0 spiro atoms. The quantitative estimate of drug-likeness (QED) is 0.606. The van der Waals surface area contributed by atoms with Crippen molar-refractivity contribution in [2.75, 3.05) is 26.2 Å². The molecule has 1 heterocycles. The summed E-state index contributed by atoms with van der Waals surface area (Å²) >= 11 is 0. The Balaban J connectivity index is 1.38. The van der Waals surface area contributed by atoms with Crippen LogP contribution in [0, 0.1) is 5.82 Å². The predicted molar refractivity (Wildman–Crippen MR) is 114 cm³/mol. The molecular weight excluding hydrogens is 419 g/mol. The number of benzene rings is 3. The third kappa shape index (κ3) is 4.76. The van der Waals surface area contributed by atoms with Gasteiger partial charge in [-0.15, -0.1) is 0 Å². The zero-order chi connectivity index (χ0) is 21.8. The number of hydrogen-bond donors (Lipinski definition) is 0. The summed E-state index contributed by atoms with van der Waals surface area (Å²) in [6.45, 7) is 0.824. The summed E-state index contributed by atoms with van der Waals surface area (Å²) < 4.78 is 45.9. The van der Waals surface area contributed by atoms with Gasteiger partial charge in [-0.05, 0) is 54.6 Å². The van der Waals surface area contributed by atoms with Gasteiger partial charge in [0.15, 0.2) is 0 Å². The van der Waals surface area contributed by atoms with Crippen LogP contribution in [-0.4, -0.2) is 49.7 Å². The number of hydrogen-bond acceptors (Lipinski definition) is 4. The van der Waals surface area contributed by atoms with E-state index in [9.17, 15) is 17.6 Å². The molecule has 1 saturated heterocycles. The third-order valence-electron chi connectivity index (χ3n) is 5.04. The molecule has 0 aromatic heterocycles. The molecule has 1 fully saturated rings. The van der Waals surface area contributed by atoms with Crippen LogP contribution in [0.25, 0.3) is 0 Å². The molecule has 1 aliphatic rings. The van der Waals surface area contributed by atoms with Gasteiger partial charge in [-0.25, -0.2) is 12.8 Å². The van der Waals surface area contributed by atoms with E-state index in [1.165, 1.54) is 22.5 Å². The minimum absolute atomic E-state index is 0.0821. The van der Waals surface area contributed by atoms with Crippen molar-refractivity contribution in [3.8, 4) is 11.5 Å². The average molecular weight is 440 g/mol. The van der Waals surface area contributed by atoms with Crippen LogP contribution in [0.4, 0.5) is 4.39 Å². The topological polar surface area (TPSA) is 66.9 Å². The van der Waals surface area contributed by atoms with Gasteiger partial charge in [-0.2, -0.15) is 4.31 Å². The number of carbonyl (C=O) groups is 1. The van der Waals surface area contributed by atoms with E-state index in [0.717, 1.165) is 6.07 Å². The van der Waals surface area contributed by atoms with Crippen molar-refractivity contribution in [3.63, 3.8) is 0 Å². The number of carbonyl (C=O) groups excluding carboxylic acids is 1. The zero-order valence-electron chi connectivity index (χ0n) is 16.6. The van der Waals surface area contributed by atoms with Gasteiger partial charge in [-0.3, -0.25) is 4.79 Å². The molecule has 8 heteroatoms. The molecule has 1 aliphatic heterocycles. The molecule has 0 unspecified atom stereocenters. The van der Waals surface area contributed by atoms with Crippen LogP contribution >= 0.6 is 0 Å². The Hall–Kier alpha value is -3.23. The molecular formula is C23H21FN2O4S. The van der Waals surface area contributed by atoms with Crippen LogP contribution in [-0.2, 0) is 10.0 Å². The molecule has 0 atom stereocenters. The first-order valence-electron chi connectivity index (χ1n) is 9.81. The van der Waals surface area contributed by atoms with Crippen LogP contribution in [0.3, 0.4) is 0 Å². The van der Waals surface area contributed by atoms with E-state index in [4.69, 9.17) is 4.74 Å². The summed E-state index contributed by atoms with van der Waals surface area (Å²) in [5, 5.41) is 0. The largest absolute Gasteiger partial charge is 0.457 e. The van der Waals surface area contributed by atoms with Crippen LogP contribution in [0.15, 0.2) is 83.8 Å². The summed E-state index contributed by atoms with van der Waals surface area (Å²) in [7, 11) is -3.79. The van der Waals surface area contributed by atoms with E-state index < -0.39 is 15.8 Å². The summed E-state index contributed by atoms with van der Waals surface area (Å²) in [5.41, 5.74) is 0.502. The molecule has 160 valence electrons. The molecule has 0 bridgehead atoms. The molecule has 0 N–H and O–H groups in total. The summed E-state index contributed by atoms with van der Waals surface area (Å²) in [5.74, 6) is 0.551. The highest BCUT2D eigenvalue weighted by atomic mass is 32.2. The minimum atomic E-state index is -3.79. The standard InChI is InChI=1S/C23H21FN2O4S/c24-19-5-4-8-22(17-19)31(28,29)26-15-13-25(14-16-26)23(27)18-9-11-21(12-10-18)30-20-6-2-1-3-7-20/h1-12,17H,13-16H2. The van der Waals surface area contributed by atoms with Gasteiger partial charge in [0.1, 0.15) is 17.3 Å². The summed E-state index contributed by atoms with van der Waals surface area (Å²) in [6.07, 6.45) is 0. The maximum Gasteiger partial charge on any atom is 0.253 e. The predicted octanol–water partition coefficient (Wildman–Crippen LogP) is 3.76. The monoisotopic (exact) mass is 440 g/mol. The number of para-hydroxylation sites is 1. The number of halogens is 1. The van der Waals surface area contributed by atoms with E-state index in [2.05, 4.69) is 0 Å². The van der Waals surface area contributed by atoms with Gasteiger partial charge in [-0.1, -0.05) is 24.3 Å². The number of nitrogens with zero attached hydrogens (tertiary/aromatic N) is 2. The van der Waals surface area contributed by atoms with E-state index >= 15 is 0 Å². The van der Waals surface area contributed by atoms with Crippen LogP contribution in [0.1, 0.15) is 10.4 Å². The lowest BCUT2D eigenvalue weighted by Gasteiger charge is -2.34. The van der Waals surface area contributed by atoms with Gasteiger partial charge < -0.3 is 9.64 Å². The van der Waals surface area contributed by atoms with Crippen molar-refractivity contribution in [2.24, 2.45) is 0 Å². The van der Waals surface area contributed by atoms with E-state index in [1.807, 2.05) is 30.3 Å². The maximum absolute atomic E-state index is 13.4. The third-order valence-corrected chi connectivity index (χ3v) is 6.93. The Morgan fingerprint density at radius 3 is 2.10 bits per heavy atom. The summed E-state index contributed by atoms with van der Waals surface area (Å²) in [6, 6.07) is 21.1. The van der Waals surface area contributed by atoms with Gasteiger partial charge in [0.05, 0.1) is 4.90 Å². The summed E-state index contributed by atoms with van der Waals surface area (Å²) in [4.78, 5) is 14.3. The van der Waals surface area contributed by atoms with Crippen molar-refractivity contribution < 1.29 is 22.3 Å². The highest BCUT2D eigenvalue weighted by Crippen LogP contribution is 2.23. The first-order valence-corrected chi connectivity index (χ1v) is 11.3. The highest BCUT2D eigenvalue weighted by molar-refractivity contribution is 7.89. The van der Waals surface area contributed by atoms with Gasteiger partial charge in [0.25, 0.3) is 5.91 Å². The zero-order valence-corrected chi connectivity index (χ0v) is 17.5. The highest BCUT2D eigenvalue weighted by Gasteiger charge is 2.30. The van der Waals surface area contributed by atoms with E-state index in [0.29, 0.717) is 17.1 Å². The normalized spacial score (nSPS) is 14.9. The fourth-order valence-corrected chi connectivity index (χ4v) is 4.84. The Morgan fingerprint density at radius 2 is 1.45 bits per heavy atom. The number of piperazine rings is 1. The first kappa shape index (κ1) is 21.0. The lowest BCUT2D eigenvalue weighted by Crippen LogP contribution is -2.50. The Bertz CT molecular complexity index is 1160. The molecule has 1 amide bonds. The van der Waals surface area contributed by atoms with E-state index in [1.54, 1.807) is 29.2 Å². The molecule has 3 aromatic rings. The maximum atomic E-state index is 13.4. The van der Waals surface area contributed by atoms with Crippen LogP contribution < -0.4 is 4.74 Å². The second kappa shape index (κ2) is 8.87. The number of rotatable bonds is 5. The molecule has 0 radical (unpaired) electrons. The van der Waals surface area contributed by atoms with Gasteiger partial charge in [0.2, 0.25) is 10.0 Å². The fourth-order valence-electron chi connectivity index (χ4n) is 3.38. The van der Waals surface area contributed by atoms with Crippen LogP contribution in [0.5, 0.6) is 11.5 Å². The van der Waals surface area contributed by atoms with E-state index in [-0.39, 0.29) is 37.0 Å². The number of ether oxygens (including phenoxy) is 1. The first-order chi connectivity index (χ1) is 14.9. The molecule has 3 aromatic carbocycles. The Morgan fingerprint density at radius 1 is 0.806 bits per heavy atom. The smallest absolute Gasteiger partial charge is 0.253 e. The molecule has 4 rings (SSSR count). The number of sulfonamides is 1. The van der Waals surface area contributed by atoms with Crippen molar-refractivity contribution in [2.45, 2.75) is 4.90 Å². The SMILES string of the molecule is O=C(c1ccc(Oc2ccccc2)cc1)N1CCN(S(=O)(=O)c2cccc(F)c2)CC1. The molecule has 31 heavy (non-hydrogen) atoms.